The van der Waals surface area contributed by atoms with Crippen LogP contribution in [0.5, 0.6) is 5.75 Å². The zero-order chi connectivity index (χ0) is 20.4. The average Bonchev–Trinajstić information content (AvgIpc) is 2.66. The van der Waals surface area contributed by atoms with Gasteiger partial charge >= 0.3 is 0 Å². The number of benzene rings is 1. The monoisotopic (exact) mass is 517 g/mol. The lowest BCUT2D eigenvalue weighted by atomic mass is 10.1. The topological polar surface area (TPSA) is 52.1 Å². The number of piperazine rings is 1. The number of hydrogen-bond donors (Lipinski definition) is 2. The summed E-state index contributed by atoms with van der Waals surface area (Å²) in [6, 6.07) is 8.17. The van der Waals surface area contributed by atoms with Gasteiger partial charge in [-0.05, 0) is 51.4 Å². The number of ether oxygens (including phenoxy) is 1. The molecule has 2 N–H and O–H groups in total. The Morgan fingerprint density at radius 3 is 2.55 bits per heavy atom. The first kappa shape index (κ1) is 26.0. The fourth-order valence-electron chi connectivity index (χ4n) is 3.32. The summed E-state index contributed by atoms with van der Waals surface area (Å²) in [4.78, 5) is 9.74. The van der Waals surface area contributed by atoms with Gasteiger partial charge in [-0.2, -0.15) is 0 Å². The van der Waals surface area contributed by atoms with Crippen LogP contribution >= 0.6 is 24.0 Å². The number of guanidine groups is 1. The van der Waals surface area contributed by atoms with Crippen LogP contribution in [0.2, 0.25) is 0 Å². The Morgan fingerprint density at radius 1 is 1.17 bits per heavy atom. The summed E-state index contributed by atoms with van der Waals surface area (Å²) in [7, 11) is 2.20. The third-order valence-electron chi connectivity index (χ3n) is 4.95. The van der Waals surface area contributed by atoms with Crippen molar-refractivity contribution in [2.45, 2.75) is 33.8 Å². The predicted molar refractivity (Wildman–Crippen MR) is 134 cm³/mol. The van der Waals surface area contributed by atoms with Gasteiger partial charge in [0.05, 0.1) is 6.54 Å². The number of aryl methyl sites for hydroxylation is 1. The molecule has 1 saturated heterocycles. The molecule has 0 aliphatic carbocycles. The van der Waals surface area contributed by atoms with Crippen LogP contribution in [-0.4, -0.2) is 81.3 Å². The second-order valence-electron chi connectivity index (χ2n) is 8.05. The van der Waals surface area contributed by atoms with Gasteiger partial charge in [-0.25, -0.2) is 0 Å². The first-order chi connectivity index (χ1) is 13.5. The lowest BCUT2D eigenvalue weighted by Gasteiger charge is -2.33. The molecule has 0 radical (unpaired) electrons. The van der Waals surface area contributed by atoms with Gasteiger partial charge in [-0.3, -0.25) is 4.99 Å². The third kappa shape index (κ3) is 10.5. The van der Waals surface area contributed by atoms with Crippen molar-refractivity contribution < 1.29 is 4.74 Å². The molecule has 0 aromatic heterocycles. The Hall–Kier alpha value is -1.06. The van der Waals surface area contributed by atoms with Crippen molar-refractivity contribution in [2.75, 3.05) is 59.4 Å². The summed E-state index contributed by atoms with van der Waals surface area (Å²) < 4.78 is 6.00. The quantitative estimate of drug-likeness (QED) is 0.300. The van der Waals surface area contributed by atoms with Crippen LogP contribution in [0, 0.1) is 12.8 Å². The molecule has 0 amide bonds. The smallest absolute Gasteiger partial charge is 0.191 e. The molecule has 0 bridgehead atoms. The number of likely N-dealkylation sites (N-methyl/N-ethyl adjacent to an activating group) is 1. The molecule has 2 atom stereocenters. The van der Waals surface area contributed by atoms with Crippen LogP contribution < -0.4 is 15.4 Å². The molecule has 6 nitrogen and oxygen atoms in total. The molecule has 1 fully saturated rings. The zero-order valence-electron chi connectivity index (χ0n) is 18.8. The van der Waals surface area contributed by atoms with E-state index in [1.54, 1.807) is 0 Å². The van der Waals surface area contributed by atoms with Crippen molar-refractivity contribution in [1.29, 1.82) is 0 Å². The van der Waals surface area contributed by atoms with E-state index in [4.69, 9.17) is 9.73 Å². The second kappa shape index (κ2) is 14.0. The van der Waals surface area contributed by atoms with Gasteiger partial charge < -0.3 is 25.2 Å². The number of nitrogens with one attached hydrogen (secondary N) is 2. The highest BCUT2D eigenvalue weighted by Crippen LogP contribution is 2.13. The Balaban J connectivity index is 0.00000420. The SMILES string of the molecule is CCNC(=NCC(C)CN1CCN(C)CC1)NCC(C)Oc1cccc(C)c1.I. The van der Waals surface area contributed by atoms with Crippen molar-refractivity contribution in [3.8, 4) is 5.75 Å². The molecule has 166 valence electrons. The lowest BCUT2D eigenvalue weighted by Crippen LogP contribution is -2.46. The van der Waals surface area contributed by atoms with Crippen molar-refractivity contribution >= 4 is 29.9 Å². The van der Waals surface area contributed by atoms with Crippen molar-refractivity contribution in [2.24, 2.45) is 10.9 Å². The van der Waals surface area contributed by atoms with Crippen LogP contribution in [0.4, 0.5) is 0 Å². The molecular formula is C22H40IN5O. The largest absolute Gasteiger partial charge is 0.489 e. The lowest BCUT2D eigenvalue weighted by molar-refractivity contribution is 0.140. The standard InChI is InChI=1S/C22H39N5O.HI/c1-6-23-22(24-15-19(3)17-27-12-10-26(5)11-13-27)25-16-20(4)28-21-9-7-8-18(2)14-21;/h7-9,14,19-20H,6,10-13,15-17H2,1-5H3,(H2,23,24,25);1H. The van der Waals surface area contributed by atoms with Crippen LogP contribution in [0.25, 0.3) is 0 Å². The number of halogens is 1. The van der Waals surface area contributed by atoms with Crippen LogP contribution in [-0.2, 0) is 0 Å². The summed E-state index contributed by atoms with van der Waals surface area (Å²) in [6.07, 6.45) is 0.0634. The molecule has 1 heterocycles. The molecule has 29 heavy (non-hydrogen) atoms. The minimum absolute atomic E-state index is 0. The molecule has 2 rings (SSSR count). The van der Waals surface area contributed by atoms with E-state index >= 15 is 0 Å². The Kier molecular flexibility index (Phi) is 12.6. The maximum absolute atomic E-state index is 6.00. The van der Waals surface area contributed by atoms with Crippen LogP contribution in [0.3, 0.4) is 0 Å². The van der Waals surface area contributed by atoms with Gasteiger partial charge in [-0.1, -0.05) is 19.1 Å². The van der Waals surface area contributed by atoms with Gasteiger partial charge in [-0.15, -0.1) is 24.0 Å². The minimum atomic E-state index is 0. The average molecular weight is 518 g/mol. The van der Waals surface area contributed by atoms with Crippen molar-refractivity contribution in [3.63, 3.8) is 0 Å². The van der Waals surface area contributed by atoms with Gasteiger partial charge in [0.15, 0.2) is 5.96 Å². The van der Waals surface area contributed by atoms with E-state index in [9.17, 15) is 0 Å². The van der Waals surface area contributed by atoms with Gasteiger partial charge in [0.1, 0.15) is 11.9 Å². The van der Waals surface area contributed by atoms with Gasteiger partial charge in [0.25, 0.3) is 0 Å². The molecular weight excluding hydrogens is 477 g/mol. The van der Waals surface area contributed by atoms with Crippen molar-refractivity contribution in [1.82, 2.24) is 20.4 Å². The van der Waals surface area contributed by atoms with E-state index in [0.29, 0.717) is 12.5 Å². The van der Waals surface area contributed by atoms with E-state index < -0.39 is 0 Å². The summed E-state index contributed by atoms with van der Waals surface area (Å²) >= 11 is 0. The zero-order valence-corrected chi connectivity index (χ0v) is 21.1. The molecule has 1 aliphatic rings. The Morgan fingerprint density at radius 2 is 1.90 bits per heavy atom. The fraction of sp³-hybridized carbons (Fsp3) is 0.682. The number of rotatable bonds is 9. The molecule has 1 aliphatic heterocycles. The summed E-state index contributed by atoms with van der Waals surface area (Å²) in [6.45, 7) is 16.7. The summed E-state index contributed by atoms with van der Waals surface area (Å²) in [5, 5.41) is 6.75. The molecule has 1 aromatic carbocycles. The predicted octanol–water partition coefficient (Wildman–Crippen LogP) is 2.82. The van der Waals surface area contributed by atoms with E-state index in [2.05, 4.69) is 67.3 Å². The molecule has 7 heteroatoms. The molecule has 0 spiro atoms. The van der Waals surface area contributed by atoms with Crippen LogP contribution in [0.1, 0.15) is 26.3 Å². The minimum Gasteiger partial charge on any atom is -0.489 e. The van der Waals surface area contributed by atoms with E-state index in [0.717, 1.165) is 44.4 Å². The fourth-order valence-corrected chi connectivity index (χ4v) is 3.32. The van der Waals surface area contributed by atoms with Gasteiger partial charge in [0, 0.05) is 45.8 Å². The third-order valence-corrected chi connectivity index (χ3v) is 4.95. The summed E-state index contributed by atoms with van der Waals surface area (Å²) in [5.41, 5.74) is 1.21. The molecule has 1 aromatic rings. The molecule has 2 unspecified atom stereocenters. The van der Waals surface area contributed by atoms with Crippen LogP contribution in [0.15, 0.2) is 29.3 Å². The Labute approximate surface area is 194 Å². The van der Waals surface area contributed by atoms with Gasteiger partial charge in [0.2, 0.25) is 0 Å². The van der Waals surface area contributed by atoms with E-state index in [-0.39, 0.29) is 30.1 Å². The normalized spacial score (nSPS) is 17.9. The summed E-state index contributed by atoms with van der Waals surface area (Å²) in [5.74, 6) is 2.32. The van der Waals surface area contributed by atoms with Crippen molar-refractivity contribution in [3.05, 3.63) is 29.8 Å². The Bertz CT molecular complexity index is 605. The van der Waals surface area contributed by atoms with E-state index in [1.807, 2.05) is 12.1 Å². The highest BCUT2D eigenvalue weighted by atomic mass is 127. The number of nitrogens with zero attached hydrogens (tertiary/aromatic N) is 3. The first-order valence-electron chi connectivity index (χ1n) is 10.6. The highest BCUT2D eigenvalue weighted by molar-refractivity contribution is 14.0. The number of aliphatic imine (C=N–C) groups is 1. The van der Waals surface area contributed by atoms with E-state index in [1.165, 1.54) is 18.7 Å². The highest BCUT2D eigenvalue weighted by Gasteiger charge is 2.16. The number of hydrogen-bond acceptors (Lipinski definition) is 4. The maximum atomic E-state index is 6.00. The maximum Gasteiger partial charge on any atom is 0.191 e. The first-order valence-corrected chi connectivity index (χ1v) is 10.6. The molecule has 0 saturated carbocycles. The second-order valence-corrected chi connectivity index (χ2v) is 8.05.